The third-order valence-corrected chi connectivity index (χ3v) is 5.82. The van der Waals surface area contributed by atoms with E-state index in [1.165, 1.54) is 23.8 Å². The maximum atomic E-state index is 12.5. The van der Waals surface area contributed by atoms with Gasteiger partial charge in [0, 0.05) is 17.1 Å². The number of quaternary nitrogens is 1. The van der Waals surface area contributed by atoms with Gasteiger partial charge in [-0.05, 0) is 31.9 Å². The van der Waals surface area contributed by atoms with Crippen molar-refractivity contribution < 1.29 is 14.6 Å². The SMILES string of the molecule is C[C@H](C(=O)NC1CCCC1)[NH+]1CCN(c2ccc(Cl)cc2[N+](=O)[O-])CC1. The van der Waals surface area contributed by atoms with Crippen molar-refractivity contribution in [2.24, 2.45) is 0 Å². The molecule has 7 nitrogen and oxygen atoms in total. The van der Waals surface area contributed by atoms with E-state index in [4.69, 9.17) is 11.6 Å². The first-order chi connectivity index (χ1) is 12.5. The Balaban J connectivity index is 1.58. The number of nitro benzene ring substituents is 1. The van der Waals surface area contributed by atoms with E-state index in [2.05, 4.69) is 5.32 Å². The lowest BCUT2D eigenvalue weighted by Gasteiger charge is -2.36. The van der Waals surface area contributed by atoms with Gasteiger partial charge < -0.3 is 15.1 Å². The van der Waals surface area contributed by atoms with Crippen LogP contribution in [0.5, 0.6) is 0 Å². The molecule has 1 amide bonds. The Hall–Kier alpha value is -1.86. The van der Waals surface area contributed by atoms with E-state index in [1.807, 2.05) is 11.8 Å². The van der Waals surface area contributed by atoms with Gasteiger partial charge in [0.1, 0.15) is 5.69 Å². The van der Waals surface area contributed by atoms with Crippen LogP contribution in [-0.2, 0) is 4.79 Å². The standard InChI is InChI=1S/C18H25ClN4O3/c1-13(18(24)20-15-4-2-3-5-15)21-8-10-22(11-9-21)16-7-6-14(19)12-17(16)23(25)26/h6-7,12-13,15H,2-5,8-11H2,1H3,(H,20,24)/p+1/t13-/m1/s1. The van der Waals surface area contributed by atoms with Crippen molar-refractivity contribution in [3.63, 3.8) is 0 Å². The average Bonchev–Trinajstić information content (AvgIpc) is 3.14. The van der Waals surface area contributed by atoms with Crippen molar-refractivity contribution in [3.05, 3.63) is 33.3 Å². The second-order valence-electron chi connectivity index (χ2n) is 7.25. The maximum Gasteiger partial charge on any atom is 0.294 e. The Kier molecular flexibility index (Phi) is 5.98. The summed E-state index contributed by atoms with van der Waals surface area (Å²) in [7, 11) is 0. The second-order valence-corrected chi connectivity index (χ2v) is 7.68. The van der Waals surface area contributed by atoms with Crippen LogP contribution in [0.3, 0.4) is 0 Å². The van der Waals surface area contributed by atoms with Gasteiger partial charge in [-0.2, -0.15) is 0 Å². The van der Waals surface area contributed by atoms with E-state index in [1.54, 1.807) is 12.1 Å². The number of nitrogens with one attached hydrogen (secondary N) is 2. The summed E-state index contributed by atoms with van der Waals surface area (Å²) in [6.07, 6.45) is 4.57. The van der Waals surface area contributed by atoms with Gasteiger partial charge in [0.2, 0.25) is 0 Å². The first kappa shape index (κ1) is 18.9. The van der Waals surface area contributed by atoms with Crippen molar-refractivity contribution in [3.8, 4) is 0 Å². The molecule has 142 valence electrons. The fraction of sp³-hybridized carbons (Fsp3) is 0.611. The highest BCUT2D eigenvalue weighted by atomic mass is 35.5. The zero-order valence-corrected chi connectivity index (χ0v) is 15.8. The fourth-order valence-corrected chi connectivity index (χ4v) is 4.13. The summed E-state index contributed by atoms with van der Waals surface area (Å²) < 4.78 is 0. The number of hydrogen-bond donors (Lipinski definition) is 2. The first-order valence-corrected chi connectivity index (χ1v) is 9.67. The molecule has 0 unspecified atom stereocenters. The van der Waals surface area contributed by atoms with Crippen LogP contribution in [0.4, 0.5) is 11.4 Å². The Labute approximate surface area is 158 Å². The first-order valence-electron chi connectivity index (χ1n) is 9.29. The van der Waals surface area contributed by atoms with Crippen LogP contribution in [0.25, 0.3) is 0 Å². The minimum atomic E-state index is -0.391. The average molecular weight is 382 g/mol. The van der Waals surface area contributed by atoms with Crippen LogP contribution in [0.15, 0.2) is 18.2 Å². The Morgan fingerprint density at radius 3 is 2.62 bits per heavy atom. The maximum absolute atomic E-state index is 12.5. The molecule has 1 atom stereocenters. The number of piperazine rings is 1. The molecule has 0 bridgehead atoms. The van der Waals surface area contributed by atoms with E-state index in [9.17, 15) is 14.9 Å². The number of halogens is 1. The van der Waals surface area contributed by atoms with Crippen LogP contribution < -0.4 is 15.1 Å². The summed E-state index contributed by atoms with van der Waals surface area (Å²) in [5, 5.41) is 14.8. The molecule has 2 aliphatic rings. The lowest BCUT2D eigenvalue weighted by Crippen LogP contribution is -3.19. The molecule has 1 aliphatic carbocycles. The number of nitro groups is 1. The highest BCUT2D eigenvalue weighted by Gasteiger charge is 2.32. The second kappa shape index (κ2) is 8.22. The van der Waals surface area contributed by atoms with Crippen molar-refractivity contribution in [2.75, 3.05) is 31.1 Å². The Morgan fingerprint density at radius 1 is 1.35 bits per heavy atom. The molecule has 1 heterocycles. The number of anilines is 1. The molecular weight excluding hydrogens is 356 g/mol. The minimum Gasteiger partial charge on any atom is -0.355 e. The molecule has 0 radical (unpaired) electrons. The molecule has 1 aliphatic heterocycles. The van der Waals surface area contributed by atoms with Gasteiger partial charge in [-0.1, -0.05) is 24.4 Å². The van der Waals surface area contributed by atoms with E-state index in [0.717, 1.165) is 25.9 Å². The topological polar surface area (TPSA) is 79.9 Å². The molecule has 1 saturated carbocycles. The summed E-state index contributed by atoms with van der Waals surface area (Å²) in [6.45, 7) is 4.88. The normalized spacial score (nSPS) is 20.2. The molecule has 1 aromatic rings. The highest BCUT2D eigenvalue weighted by Crippen LogP contribution is 2.30. The quantitative estimate of drug-likeness (QED) is 0.597. The number of amides is 1. The van der Waals surface area contributed by atoms with Crippen molar-refractivity contribution >= 4 is 28.9 Å². The molecule has 0 aromatic heterocycles. The van der Waals surface area contributed by atoms with E-state index in [-0.39, 0.29) is 17.6 Å². The monoisotopic (exact) mass is 381 g/mol. The number of benzene rings is 1. The summed E-state index contributed by atoms with van der Waals surface area (Å²) in [5.74, 6) is 0.123. The van der Waals surface area contributed by atoms with Crippen molar-refractivity contribution in [1.29, 1.82) is 0 Å². The molecular formula is C18H26ClN4O3+. The molecule has 8 heteroatoms. The van der Waals surface area contributed by atoms with E-state index in [0.29, 0.717) is 29.8 Å². The zero-order valence-electron chi connectivity index (χ0n) is 15.0. The van der Waals surface area contributed by atoms with Crippen molar-refractivity contribution in [2.45, 2.75) is 44.7 Å². The lowest BCUT2D eigenvalue weighted by molar-refractivity contribution is -0.914. The van der Waals surface area contributed by atoms with Crippen LogP contribution in [0.1, 0.15) is 32.6 Å². The highest BCUT2D eigenvalue weighted by molar-refractivity contribution is 6.30. The van der Waals surface area contributed by atoms with Crippen LogP contribution in [0.2, 0.25) is 5.02 Å². The third-order valence-electron chi connectivity index (χ3n) is 5.59. The smallest absolute Gasteiger partial charge is 0.294 e. The molecule has 2 fully saturated rings. The minimum absolute atomic E-state index is 0.0352. The van der Waals surface area contributed by atoms with Gasteiger partial charge in [0.05, 0.1) is 31.1 Å². The molecule has 2 N–H and O–H groups in total. The van der Waals surface area contributed by atoms with Crippen LogP contribution in [-0.4, -0.2) is 49.1 Å². The Morgan fingerprint density at radius 2 is 2.00 bits per heavy atom. The van der Waals surface area contributed by atoms with E-state index >= 15 is 0 Å². The van der Waals surface area contributed by atoms with Gasteiger partial charge in [-0.3, -0.25) is 14.9 Å². The summed E-state index contributed by atoms with van der Waals surface area (Å²) >= 11 is 5.90. The van der Waals surface area contributed by atoms with Gasteiger partial charge >= 0.3 is 0 Å². The fourth-order valence-electron chi connectivity index (χ4n) is 3.96. The summed E-state index contributed by atoms with van der Waals surface area (Å²) in [4.78, 5) is 26.6. The Bertz CT molecular complexity index is 670. The van der Waals surface area contributed by atoms with Crippen LogP contribution >= 0.6 is 11.6 Å². The molecule has 1 aromatic carbocycles. The summed E-state index contributed by atoms with van der Waals surface area (Å²) in [6, 6.07) is 5.02. The molecule has 3 rings (SSSR count). The number of rotatable bonds is 5. The zero-order chi connectivity index (χ0) is 18.7. The molecule has 26 heavy (non-hydrogen) atoms. The third kappa shape index (κ3) is 4.27. The predicted molar refractivity (Wildman–Crippen MR) is 101 cm³/mol. The van der Waals surface area contributed by atoms with Crippen LogP contribution in [0, 0.1) is 10.1 Å². The lowest BCUT2D eigenvalue weighted by atomic mass is 10.1. The number of nitrogens with zero attached hydrogens (tertiary/aromatic N) is 2. The number of hydrogen-bond acceptors (Lipinski definition) is 4. The number of carbonyl (C=O) groups is 1. The molecule has 0 spiro atoms. The molecule has 1 saturated heterocycles. The predicted octanol–water partition coefficient (Wildman–Crippen LogP) is 1.40. The largest absolute Gasteiger partial charge is 0.355 e. The van der Waals surface area contributed by atoms with Gasteiger partial charge in [-0.25, -0.2) is 0 Å². The van der Waals surface area contributed by atoms with Crippen molar-refractivity contribution in [1.82, 2.24) is 5.32 Å². The van der Waals surface area contributed by atoms with Gasteiger partial charge in [0.15, 0.2) is 6.04 Å². The van der Waals surface area contributed by atoms with Gasteiger partial charge in [-0.15, -0.1) is 0 Å². The van der Waals surface area contributed by atoms with E-state index < -0.39 is 4.92 Å². The summed E-state index contributed by atoms with van der Waals surface area (Å²) in [5.41, 5.74) is 0.634. The number of carbonyl (C=O) groups excluding carboxylic acids is 1. The van der Waals surface area contributed by atoms with Gasteiger partial charge in [0.25, 0.3) is 11.6 Å².